The van der Waals surface area contributed by atoms with E-state index in [1.54, 1.807) is 0 Å². The third-order valence-corrected chi connectivity index (χ3v) is 3.58. The zero-order valence-corrected chi connectivity index (χ0v) is 7.86. The molecule has 3 unspecified atom stereocenters. The average Bonchev–Trinajstić information content (AvgIpc) is 2.00. The van der Waals surface area contributed by atoms with Gasteiger partial charge in [-0.25, -0.2) is 0 Å². The van der Waals surface area contributed by atoms with Gasteiger partial charge in [0.25, 0.3) is 0 Å². The van der Waals surface area contributed by atoms with E-state index in [1.165, 1.54) is 6.42 Å². The molecule has 0 bridgehead atoms. The molecule has 1 fully saturated rings. The van der Waals surface area contributed by atoms with Crippen molar-refractivity contribution in [1.29, 1.82) is 5.26 Å². The van der Waals surface area contributed by atoms with Gasteiger partial charge in [-0.3, -0.25) is 0 Å². The highest BCUT2D eigenvalue weighted by atomic mass is 35.5. The molecule has 2 heteroatoms. The lowest BCUT2D eigenvalue weighted by Gasteiger charge is -2.36. The highest BCUT2D eigenvalue weighted by Crippen LogP contribution is 2.41. The van der Waals surface area contributed by atoms with Crippen molar-refractivity contribution in [3.63, 3.8) is 0 Å². The second-order valence-electron chi connectivity index (χ2n) is 3.63. The minimum atomic E-state index is -0.572. The van der Waals surface area contributed by atoms with Crippen LogP contribution in [0.3, 0.4) is 0 Å². The molecule has 0 aromatic heterocycles. The van der Waals surface area contributed by atoms with Crippen molar-refractivity contribution in [2.24, 2.45) is 11.8 Å². The van der Waals surface area contributed by atoms with Gasteiger partial charge in [0, 0.05) is 0 Å². The maximum atomic E-state index is 8.86. The van der Waals surface area contributed by atoms with Crippen molar-refractivity contribution in [1.82, 2.24) is 0 Å². The Hall–Kier alpha value is -0.220. The lowest BCUT2D eigenvalue weighted by Crippen LogP contribution is -2.36. The van der Waals surface area contributed by atoms with E-state index in [-0.39, 0.29) is 0 Å². The molecule has 1 nitrogen and oxygen atoms in total. The molecule has 0 radical (unpaired) electrons. The zero-order chi connectivity index (χ0) is 8.48. The fourth-order valence-electron chi connectivity index (χ4n) is 1.77. The maximum Gasteiger partial charge on any atom is 0.133 e. The normalized spacial score (nSPS) is 44.9. The number of nitrogens with zero attached hydrogens (tertiary/aromatic N) is 1. The van der Waals surface area contributed by atoms with Crippen LogP contribution < -0.4 is 0 Å². The number of rotatable bonds is 0. The van der Waals surface area contributed by atoms with Gasteiger partial charge in [-0.05, 0) is 18.3 Å². The summed E-state index contributed by atoms with van der Waals surface area (Å²) in [6.45, 7) is 4.26. The number of hydrogen-bond acceptors (Lipinski definition) is 1. The molecule has 0 amide bonds. The molecule has 0 heterocycles. The second-order valence-corrected chi connectivity index (χ2v) is 4.31. The van der Waals surface area contributed by atoms with Crippen molar-refractivity contribution in [3.05, 3.63) is 0 Å². The van der Waals surface area contributed by atoms with E-state index < -0.39 is 4.87 Å². The average molecular weight is 172 g/mol. The van der Waals surface area contributed by atoms with Gasteiger partial charge in [0.1, 0.15) is 4.87 Å². The Morgan fingerprint density at radius 2 is 2.18 bits per heavy atom. The summed E-state index contributed by atoms with van der Waals surface area (Å²) in [4.78, 5) is -0.572. The van der Waals surface area contributed by atoms with Crippen LogP contribution >= 0.6 is 11.6 Å². The van der Waals surface area contributed by atoms with Crippen molar-refractivity contribution >= 4 is 11.6 Å². The molecule has 0 saturated heterocycles. The summed E-state index contributed by atoms with van der Waals surface area (Å²) >= 11 is 6.14. The SMILES string of the molecule is CC1CCCC(Cl)(C#N)C1C. The van der Waals surface area contributed by atoms with Gasteiger partial charge in [-0.2, -0.15) is 5.26 Å². The Morgan fingerprint density at radius 3 is 2.64 bits per heavy atom. The highest BCUT2D eigenvalue weighted by molar-refractivity contribution is 6.26. The van der Waals surface area contributed by atoms with Gasteiger partial charge in [0.15, 0.2) is 0 Å². The van der Waals surface area contributed by atoms with E-state index in [1.807, 2.05) is 0 Å². The van der Waals surface area contributed by atoms with Gasteiger partial charge >= 0.3 is 0 Å². The second kappa shape index (κ2) is 3.03. The Balaban J connectivity index is 2.74. The van der Waals surface area contributed by atoms with Gasteiger partial charge in [-0.15, -0.1) is 11.6 Å². The van der Waals surface area contributed by atoms with Crippen LogP contribution in [0.2, 0.25) is 0 Å². The van der Waals surface area contributed by atoms with Gasteiger partial charge < -0.3 is 0 Å². The lowest BCUT2D eigenvalue weighted by atomic mass is 9.74. The molecule has 11 heavy (non-hydrogen) atoms. The molecule has 1 aliphatic carbocycles. The quantitative estimate of drug-likeness (QED) is 0.514. The Bertz CT molecular complexity index is 184. The first-order valence-electron chi connectivity index (χ1n) is 4.20. The summed E-state index contributed by atoms with van der Waals surface area (Å²) in [6, 6.07) is 2.23. The smallest absolute Gasteiger partial charge is 0.133 e. The van der Waals surface area contributed by atoms with Crippen LogP contribution in [0.15, 0.2) is 0 Å². The van der Waals surface area contributed by atoms with Crippen LogP contribution in [0.25, 0.3) is 0 Å². The van der Waals surface area contributed by atoms with E-state index in [0.717, 1.165) is 12.8 Å². The highest BCUT2D eigenvalue weighted by Gasteiger charge is 2.39. The van der Waals surface area contributed by atoms with E-state index in [2.05, 4.69) is 19.9 Å². The van der Waals surface area contributed by atoms with Crippen LogP contribution in [0.4, 0.5) is 0 Å². The molecule has 0 spiro atoms. The molecule has 1 aliphatic rings. The van der Waals surface area contributed by atoms with Crippen molar-refractivity contribution in [2.75, 3.05) is 0 Å². The summed E-state index contributed by atoms with van der Waals surface area (Å²) < 4.78 is 0. The van der Waals surface area contributed by atoms with Crippen LogP contribution in [0.5, 0.6) is 0 Å². The fourth-order valence-corrected chi connectivity index (χ4v) is 2.12. The monoisotopic (exact) mass is 171 g/mol. The van der Waals surface area contributed by atoms with Crippen molar-refractivity contribution in [3.8, 4) is 6.07 Å². The lowest BCUT2D eigenvalue weighted by molar-refractivity contribution is 0.244. The van der Waals surface area contributed by atoms with Gasteiger partial charge in [0.05, 0.1) is 6.07 Å². The predicted molar refractivity (Wildman–Crippen MR) is 46.4 cm³/mol. The van der Waals surface area contributed by atoms with E-state index in [9.17, 15) is 0 Å². The summed E-state index contributed by atoms with van der Waals surface area (Å²) in [5.74, 6) is 0.934. The molecule has 1 saturated carbocycles. The first-order valence-corrected chi connectivity index (χ1v) is 4.58. The molecule has 0 aromatic rings. The topological polar surface area (TPSA) is 23.8 Å². The number of hydrogen-bond donors (Lipinski definition) is 0. The molecule has 62 valence electrons. The number of halogens is 1. The van der Waals surface area contributed by atoms with Crippen molar-refractivity contribution < 1.29 is 0 Å². The summed E-state index contributed by atoms with van der Waals surface area (Å²) in [5, 5.41) is 8.86. The number of nitriles is 1. The molecular weight excluding hydrogens is 158 g/mol. The van der Waals surface area contributed by atoms with Crippen LogP contribution in [-0.2, 0) is 0 Å². The first-order chi connectivity index (χ1) is 5.10. The molecule has 3 atom stereocenters. The number of alkyl halides is 1. The molecule has 0 aromatic carbocycles. The Morgan fingerprint density at radius 1 is 1.55 bits per heavy atom. The Labute approximate surface area is 73.3 Å². The fraction of sp³-hybridized carbons (Fsp3) is 0.889. The standard InChI is InChI=1S/C9H14ClN/c1-7-4-3-5-9(10,6-11)8(7)2/h7-8H,3-5H2,1-2H3. The van der Waals surface area contributed by atoms with Crippen LogP contribution in [-0.4, -0.2) is 4.87 Å². The van der Waals surface area contributed by atoms with E-state index in [4.69, 9.17) is 16.9 Å². The van der Waals surface area contributed by atoms with Crippen LogP contribution in [0.1, 0.15) is 33.1 Å². The largest absolute Gasteiger partial charge is 0.196 e. The van der Waals surface area contributed by atoms with E-state index >= 15 is 0 Å². The summed E-state index contributed by atoms with van der Waals surface area (Å²) in [7, 11) is 0. The molecular formula is C9H14ClN. The van der Waals surface area contributed by atoms with Gasteiger partial charge in [0.2, 0.25) is 0 Å². The van der Waals surface area contributed by atoms with Crippen LogP contribution in [0, 0.1) is 23.2 Å². The maximum absolute atomic E-state index is 8.86. The molecule has 0 aliphatic heterocycles. The minimum absolute atomic E-state index is 0.336. The predicted octanol–water partition coefficient (Wildman–Crippen LogP) is 2.94. The first kappa shape index (κ1) is 8.87. The zero-order valence-electron chi connectivity index (χ0n) is 7.10. The molecule has 1 rings (SSSR count). The minimum Gasteiger partial charge on any atom is -0.196 e. The molecule has 0 N–H and O–H groups in total. The van der Waals surface area contributed by atoms with Gasteiger partial charge in [-0.1, -0.05) is 26.7 Å². The Kier molecular flexibility index (Phi) is 2.44. The van der Waals surface area contributed by atoms with E-state index in [0.29, 0.717) is 11.8 Å². The third-order valence-electron chi connectivity index (χ3n) is 2.96. The van der Waals surface area contributed by atoms with Crippen molar-refractivity contribution in [2.45, 2.75) is 38.0 Å². The summed E-state index contributed by atoms with van der Waals surface area (Å²) in [5.41, 5.74) is 0. The third kappa shape index (κ3) is 1.51. The summed E-state index contributed by atoms with van der Waals surface area (Å²) in [6.07, 6.45) is 3.18.